The normalized spacial score (nSPS) is 18.7. The molecule has 4 aromatic rings. The number of benzene rings is 2. The summed E-state index contributed by atoms with van der Waals surface area (Å²) in [6, 6.07) is 20.0. The largest absolute Gasteiger partial charge is 0.330 e. The molecule has 2 aromatic carbocycles. The summed E-state index contributed by atoms with van der Waals surface area (Å²) < 4.78 is 3.73. The molecule has 170 valence electrons. The zero-order valence-corrected chi connectivity index (χ0v) is 19.7. The molecule has 6 nitrogen and oxygen atoms in total. The molecule has 1 saturated heterocycles. The summed E-state index contributed by atoms with van der Waals surface area (Å²) in [5.74, 6) is 0.101. The number of carbonyl (C=O) groups excluding carboxylic acids is 1. The van der Waals surface area contributed by atoms with Crippen molar-refractivity contribution < 1.29 is 9.69 Å². The summed E-state index contributed by atoms with van der Waals surface area (Å²) >= 11 is 0. The van der Waals surface area contributed by atoms with Crippen LogP contribution in [-0.2, 0) is 4.79 Å². The smallest absolute Gasteiger partial charge is 0.196 e. The van der Waals surface area contributed by atoms with Gasteiger partial charge < -0.3 is 4.90 Å². The van der Waals surface area contributed by atoms with Crippen LogP contribution in [0.25, 0.3) is 23.5 Å². The van der Waals surface area contributed by atoms with E-state index in [2.05, 4.69) is 17.2 Å². The van der Waals surface area contributed by atoms with Crippen LogP contribution in [0.4, 0.5) is 0 Å². The van der Waals surface area contributed by atoms with Crippen molar-refractivity contribution in [3.05, 3.63) is 107 Å². The van der Waals surface area contributed by atoms with Crippen LogP contribution in [0.15, 0.2) is 84.2 Å². The van der Waals surface area contributed by atoms with Crippen molar-refractivity contribution in [2.75, 3.05) is 20.1 Å². The summed E-state index contributed by atoms with van der Waals surface area (Å²) in [7, 11) is 2.12. The maximum absolute atomic E-state index is 13.5. The minimum atomic E-state index is 0.101. The predicted octanol–water partition coefficient (Wildman–Crippen LogP) is 3.24. The van der Waals surface area contributed by atoms with Crippen molar-refractivity contribution in [2.45, 2.75) is 13.8 Å². The standard InChI is InChI=1S/C28H27N5O/c1-20-22(18-32(29-20)26-10-6-4-7-11-26)14-24-16-31(3)17-25(28(24)34)15-23-19-33(30-21(23)2)27-12-8-5-9-13-27/h4-15,18-19H,16-17H2,1-3H3/p+1/b24-14-,25-15?. The van der Waals surface area contributed by atoms with Crippen LogP contribution in [0.5, 0.6) is 0 Å². The van der Waals surface area contributed by atoms with Gasteiger partial charge in [-0.3, -0.25) is 4.79 Å². The van der Waals surface area contributed by atoms with Gasteiger partial charge in [-0.25, -0.2) is 9.36 Å². The average Bonchev–Trinajstić information content (AvgIpc) is 3.40. The number of nitrogens with zero attached hydrogens (tertiary/aromatic N) is 4. The van der Waals surface area contributed by atoms with E-state index in [1.807, 2.05) is 108 Å². The van der Waals surface area contributed by atoms with E-state index >= 15 is 0 Å². The van der Waals surface area contributed by atoms with Gasteiger partial charge in [0.1, 0.15) is 13.1 Å². The van der Waals surface area contributed by atoms with Crippen LogP contribution in [-0.4, -0.2) is 45.5 Å². The number of carbonyl (C=O) groups is 1. The average molecular weight is 451 g/mol. The Bertz CT molecular complexity index is 1290. The molecule has 1 atom stereocenters. The molecule has 1 aliphatic rings. The quantitative estimate of drug-likeness (QED) is 0.486. The highest BCUT2D eigenvalue weighted by Crippen LogP contribution is 2.20. The minimum absolute atomic E-state index is 0.101. The molecule has 0 radical (unpaired) electrons. The van der Waals surface area contributed by atoms with Crippen LogP contribution < -0.4 is 4.90 Å². The van der Waals surface area contributed by atoms with Gasteiger partial charge in [-0.2, -0.15) is 10.2 Å². The van der Waals surface area contributed by atoms with Crippen molar-refractivity contribution in [3.8, 4) is 11.4 Å². The van der Waals surface area contributed by atoms with E-state index in [1.165, 1.54) is 4.90 Å². The summed E-state index contributed by atoms with van der Waals surface area (Å²) in [5.41, 5.74) is 7.34. The van der Waals surface area contributed by atoms with Gasteiger partial charge in [0.25, 0.3) is 0 Å². The molecule has 1 aliphatic heterocycles. The zero-order chi connectivity index (χ0) is 23.7. The molecule has 1 fully saturated rings. The lowest BCUT2D eigenvalue weighted by Gasteiger charge is -2.23. The van der Waals surface area contributed by atoms with E-state index in [0.29, 0.717) is 13.1 Å². The van der Waals surface area contributed by atoms with Gasteiger partial charge in [0.05, 0.1) is 41.0 Å². The summed E-state index contributed by atoms with van der Waals surface area (Å²) in [5, 5.41) is 9.30. The van der Waals surface area contributed by atoms with Gasteiger partial charge in [-0.05, 0) is 50.3 Å². The lowest BCUT2D eigenvalue weighted by atomic mass is 9.95. The summed E-state index contributed by atoms with van der Waals surface area (Å²) in [6.45, 7) is 5.34. The third-order valence-electron chi connectivity index (χ3n) is 6.14. The Balaban J connectivity index is 1.46. The number of nitrogens with one attached hydrogen (secondary N) is 1. The molecule has 0 saturated carbocycles. The Kier molecular flexibility index (Phi) is 5.82. The van der Waals surface area contributed by atoms with E-state index in [1.54, 1.807) is 0 Å². The number of aromatic nitrogens is 4. The van der Waals surface area contributed by atoms with Crippen LogP contribution in [0.2, 0.25) is 0 Å². The number of Topliss-reactive ketones (excluding diaryl/α,β-unsaturated/α-hetero) is 1. The zero-order valence-electron chi connectivity index (χ0n) is 19.7. The number of hydrogen-bond donors (Lipinski definition) is 1. The topological polar surface area (TPSA) is 57.1 Å². The monoisotopic (exact) mass is 450 g/mol. The van der Waals surface area contributed by atoms with Gasteiger partial charge in [0.2, 0.25) is 0 Å². The second kappa shape index (κ2) is 9.08. The minimum Gasteiger partial charge on any atom is -0.330 e. The first kappa shape index (κ1) is 21.8. The molecule has 2 aromatic heterocycles. The van der Waals surface area contributed by atoms with E-state index < -0.39 is 0 Å². The second-order valence-corrected chi connectivity index (χ2v) is 8.88. The van der Waals surface area contributed by atoms with E-state index in [4.69, 9.17) is 0 Å². The fourth-order valence-corrected chi connectivity index (χ4v) is 4.34. The Morgan fingerprint density at radius 3 is 1.56 bits per heavy atom. The highest BCUT2D eigenvalue weighted by Gasteiger charge is 2.28. The number of hydrogen-bond acceptors (Lipinski definition) is 3. The van der Waals surface area contributed by atoms with E-state index in [0.717, 1.165) is 45.0 Å². The van der Waals surface area contributed by atoms with Crippen molar-refractivity contribution in [1.29, 1.82) is 0 Å². The van der Waals surface area contributed by atoms with Crippen LogP contribution >= 0.6 is 0 Å². The van der Waals surface area contributed by atoms with E-state index in [-0.39, 0.29) is 5.78 Å². The number of quaternary nitrogens is 1. The molecule has 0 aliphatic carbocycles. The van der Waals surface area contributed by atoms with Crippen molar-refractivity contribution in [2.24, 2.45) is 0 Å². The number of likely N-dealkylation sites (tertiary alicyclic amines) is 1. The van der Waals surface area contributed by atoms with Gasteiger partial charge in [0.15, 0.2) is 5.78 Å². The first-order valence-electron chi connectivity index (χ1n) is 11.5. The molecule has 0 spiro atoms. The molecule has 1 unspecified atom stereocenters. The lowest BCUT2D eigenvalue weighted by Crippen LogP contribution is -3.10. The molecule has 1 N–H and O–H groups in total. The second-order valence-electron chi connectivity index (χ2n) is 8.88. The SMILES string of the molecule is Cc1nn(-c2ccccc2)cc1C=C1C[NH+](C)C/C(=C/c2cn(-c3ccccc3)nc2C)C1=O. The number of rotatable bonds is 4. The number of aryl methyl sites for hydroxylation is 2. The highest BCUT2D eigenvalue weighted by molar-refractivity contribution is 6.14. The first-order chi connectivity index (χ1) is 16.5. The highest BCUT2D eigenvalue weighted by atomic mass is 16.1. The Morgan fingerprint density at radius 2 is 1.15 bits per heavy atom. The predicted molar refractivity (Wildman–Crippen MR) is 134 cm³/mol. The molecule has 6 heteroatoms. The molecular weight excluding hydrogens is 422 g/mol. The third kappa shape index (κ3) is 4.40. The lowest BCUT2D eigenvalue weighted by molar-refractivity contribution is -0.870. The van der Waals surface area contributed by atoms with E-state index in [9.17, 15) is 4.79 Å². The maximum atomic E-state index is 13.5. The number of ketones is 1. The summed E-state index contributed by atoms with van der Waals surface area (Å²) in [6.07, 6.45) is 7.99. The van der Waals surface area contributed by atoms with Crippen LogP contribution in [0.1, 0.15) is 22.5 Å². The molecule has 3 heterocycles. The van der Waals surface area contributed by atoms with Crippen molar-refractivity contribution in [3.63, 3.8) is 0 Å². The van der Waals surface area contributed by atoms with Crippen molar-refractivity contribution >= 4 is 17.9 Å². The van der Waals surface area contributed by atoms with Crippen LogP contribution in [0, 0.1) is 13.8 Å². The molecular formula is C28H28N5O+. The number of likely N-dealkylation sites (N-methyl/N-ethyl adjacent to an activating group) is 1. The molecule has 0 bridgehead atoms. The first-order valence-corrected chi connectivity index (χ1v) is 11.5. The number of piperidine rings is 1. The number of para-hydroxylation sites is 2. The fraction of sp³-hybridized carbons (Fsp3) is 0.179. The maximum Gasteiger partial charge on any atom is 0.196 e. The molecule has 5 rings (SSSR count). The van der Waals surface area contributed by atoms with Crippen molar-refractivity contribution in [1.82, 2.24) is 19.6 Å². The Labute approximate surface area is 199 Å². The van der Waals surface area contributed by atoms with Gasteiger partial charge in [-0.15, -0.1) is 0 Å². The Morgan fingerprint density at radius 1 is 0.735 bits per heavy atom. The van der Waals surface area contributed by atoms with Gasteiger partial charge >= 0.3 is 0 Å². The van der Waals surface area contributed by atoms with Gasteiger partial charge in [-0.1, -0.05) is 36.4 Å². The van der Waals surface area contributed by atoms with Crippen LogP contribution in [0.3, 0.4) is 0 Å². The third-order valence-corrected chi connectivity index (χ3v) is 6.14. The van der Waals surface area contributed by atoms with Gasteiger partial charge in [0, 0.05) is 23.5 Å². The Hall–Kier alpha value is -4.03. The summed E-state index contributed by atoms with van der Waals surface area (Å²) in [4.78, 5) is 14.7. The molecule has 34 heavy (non-hydrogen) atoms. The fourth-order valence-electron chi connectivity index (χ4n) is 4.34. The molecule has 0 amide bonds.